The molecule has 34 heavy (non-hydrogen) atoms. The monoisotopic (exact) mass is 463 g/mol. The Morgan fingerprint density at radius 3 is 2.65 bits per heavy atom. The Kier molecular flexibility index (Phi) is 7.05. The highest BCUT2D eigenvalue weighted by molar-refractivity contribution is 6.35. The Hall–Kier alpha value is -3.16. The molecule has 2 amide bonds. The average molecular weight is 464 g/mol. The number of carbonyl (C=O) groups is 2. The van der Waals surface area contributed by atoms with Crippen molar-refractivity contribution in [3.63, 3.8) is 0 Å². The highest BCUT2D eigenvalue weighted by Crippen LogP contribution is 2.37. The fraction of sp³-hybridized carbons (Fsp3) is 0.407. The number of benzene rings is 2. The second-order valence-electron chi connectivity index (χ2n) is 9.76. The zero-order valence-corrected chi connectivity index (χ0v) is 20.4. The first kappa shape index (κ1) is 24.0. The SMILES string of the molecule is CC(=O)Nc1ccc2c(c1)NC(=O)C2=Cc1ccc(OCCN2CCOCC2)c(C(C)(C)C)c1. The second-order valence-corrected chi connectivity index (χ2v) is 9.76. The normalized spacial score (nSPS) is 17.4. The molecule has 1 fully saturated rings. The summed E-state index contributed by atoms with van der Waals surface area (Å²) in [7, 11) is 0. The molecule has 0 aliphatic carbocycles. The van der Waals surface area contributed by atoms with Crippen molar-refractivity contribution in [2.45, 2.75) is 33.1 Å². The molecule has 0 bridgehead atoms. The zero-order chi connectivity index (χ0) is 24.3. The van der Waals surface area contributed by atoms with Gasteiger partial charge in [0.2, 0.25) is 5.91 Å². The molecular weight excluding hydrogens is 430 g/mol. The van der Waals surface area contributed by atoms with Crippen molar-refractivity contribution >= 4 is 34.8 Å². The number of hydrogen-bond acceptors (Lipinski definition) is 5. The first-order chi connectivity index (χ1) is 16.2. The molecule has 0 atom stereocenters. The molecule has 1 saturated heterocycles. The van der Waals surface area contributed by atoms with Crippen molar-refractivity contribution in [2.75, 3.05) is 50.1 Å². The highest BCUT2D eigenvalue weighted by Gasteiger charge is 2.25. The van der Waals surface area contributed by atoms with E-state index in [0.717, 1.165) is 55.3 Å². The molecule has 4 rings (SSSR count). The van der Waals surface area contributed by atoms with Crippen LogP contribution < -0.4 is 15.4 Å². The third-order valence-electron chi connectivity index (χ3n) is 6.01. The van der Waals surface area contributed by atoms with Crippen molar-refractivity contribution in [3.05, 3.63) is 53.1 Å². The molecule has 180 valence electrons. The minimum Gasteiger partial charge on any atom is -0.492 e. The predicted molar refractivity (Wildman–Crippen MR) is 135 cm³/mol. The van der Waals surface area contributed by atoms with Gasteiger partial charge in [0.05, 0.1) is 18.9 Å². The Morgan fingerprint density at radius 2 is 1.94 bits per heavy atom. The third kappa shape index (κ3) is 5.66. The van der Waals surface area contributed by atoms with Crippen LogP contribution in [0.1, 0.15) is 44.4 Å². The van der Waals surface area contributed by atoms with Crippen molar-refractivity contribution in [2.24, 2.45) is 0 Å². The number of carbonyl (C=O) groups excluding carboxylic acids is 2. The van der Waals surface area contributed by atoms with E-state index < -0.39 is 0 Å². The Bertz CT molecular complexity index is 1110. The fourth-order valence-corrected chi connectivity index (χ4v) is 4.24. The van der Waals surface area contributed by atoms with E-state index in [4.69, 9.17) is 9.47 Å². The van der Waals surface area contributed by atoms with Gasteiger partial charge in [-0.15, -0.1) is 0 Å². The smallest absolute Gasteiger partial charge is 0.256 e. The van der Waals surface area contributed by atoms with Crippen LogP contribution in [0.25, 0.3) is 11.6 Å². The number of nitrogens with zero attached hydrogens (tertiary/aromatic N) is 1. The lowest BCUT2D eigenvalue weighted by atomic mass is 9.85. The van der Waals surface area contributed by atoms with Crippen molar-refractivity contribution < 1.29 is 19.1 Å². The molecule has 2 aliphatic heterocycles. The number of ether oxygens (including phenoxy) is 2. The quantitative estimate of drug-likeness (QED) is 0.630. The van der Waals surface area contributed by atoms with Gasteiger partial charge >= 0.3 is 0 Å². The summed E-state index contributed by atoms with van der Waals surface area (Å²) in [6.45, 7) is 12.9. The molecule has 2 aliphatic rings. The number of hydrogen-bond donors (Lipinski definition) is 2. The summed E-state index contributed by atoms with van der Waals surface area (Å²) in [5.41, 5.74) is 4.69. The largest absolute Gasteiger partial charge is 0.492 e. The predicted octanol–water partition coefficient (Wildman–Crippen LogP) is 4.15. The van der Waals surface area contributed by atoms with Gasteiger partial charge in [0.15, 0.2) is 0 Å². The van der Waals surface area contributed by atoms with Gasteiger partial charge in [0, 0.05) is 48.9 Å². The first-order valence-corrected chi connectivity index (χ1v) is 11.7. The number of anilines is 2. The van der Waals surface area contributed by atoms with Crippen molar-refractivity contribution in [3.8, 4) is 5.75 Å². The van der Waals surface area contributed by atoms with Gasteiger partial charge < -0.3 is 20.1 Å². The summed E-state index contributed by atoms with van der Waals surface area (Å²) in [6.07, 6.45) is 1.91. The number of nitrogens with one attached hydrogen (secondary N) is 2. The van der Waals surface area contributed by atoms with E-state index in [1.54, 1.807) is 12.1 Å². The van der Waals surface area contributed by atoms with Crippen LogP contribution in [0, 0.1) is 0 Å². The summed E-state index contributed by atoms with van der Waals surface area (Å²) in [6, 6.07) is 11.5. The maximum Gasteiger partial charge on any atom is 0.256 e. The van der Waals surface area contributed by atoms with Gasteiger partial charge in [0.25, 0.3) is 5.91 Å². The first-order valence-electron chi connectivity index (χ1n) is 11.7. The van der Waals surface area contributed by atoms with E-state index in [9.17, 15) is 9.59 Å². The molecule has 2 heterocycles. The summed E-state index contributed by atoms with van der Waals surface area (Å²) in [5, 5.41) is 5.65. The van der Waals surface area contributed by atoms with E-state index in [2.05, 4.69) is 42.4 Å². The molecular formula is C27H33N3O4. The van der Waals surface area contributed by atoms with Crippen LogP contribution in [0.2, 0.25) is 0 Å². The topological polar surface area (TPSA) is 79.9 Å². The molecule has 2 aromatic rings. The standard InChI is InChI=1S/C27H33N3O4/c1-18(31)28-20-6-7-21-22(26(32)29-24(21)17-20)15-19-5-8-25(23(16-19)27(2,3)4)34-14-11-30-9-12-33-13-10-30/h5-8,15-17H,9-14H2,1-4H3,(H,28,31)(H,29,32). The lowest BCUT2D eigenvalue weighted by molar-refractivity contribution is -0.114. The zero-order valence-electron chi connectivity index (χ0n) is 20.4. The fourth-order valence-electron chi connectivity index (χ4n) is 4.24. The molecule has 0 spiro atoms. The van der Waals surface area contributed by atoms with E-state index in [1.165, 1.54) is 6.92 Å². The molecule has 0 unspecified atom stereocenters. The third-order valence-corrected chi connectivity index (χ3v) is 6.01. The molecule has 2 N–H and O–H groups in total. The minimum atomic E-state index is -0.155. The van der Waals surface area contributed by atoms with Crippen molar-refractivity contribution in [1.82, 2.24) is 4.90 Å². The van der Waals surface area contributed by atoms with Gasteiger partial charge in [-0.1, -0.05) is 32.9 Å². The van der Waals surface area contributed by atoms with Crippen LogP contribution in [-0.4, -0.2) is 56.2 Å². The lowest BCUT2D eigenvalue weighted by Gasteiger charge is -2.27. The molecule has 2 aromatic carbocycles. The van der Waals surface area contributed by atoms with Crippen molar-refractivity contribution in [1.29, 1.82) is 0 Å². The van der Waals surface area contributed by atoms with Gasteiger partial charge in [-0.2, -0.15) is 0 Å². The van der Waals surface area contributed by atoms with Gasteiger partial charge in [-0.05, 0) is 41.3 Å². The molecule has 7 heteroatoms. The highest BCUT2D eigenvalue weighted by atomic mass is 16.5. The van der Waals surface area contributed by atoms with Crippen LogP contribution in [0.4, 0.5) is 11.4 Å². The Morgan fingerprint density at radius 1 is 1.18 bits per heavy atom. The molecule has 0 saturated carbocycles. The van der Waals surface area contributed by atoms with Gasteiger partial charge in [-0.25, -0.2) is 0 Å². The van der Waals surface area contributed by atoms with E-state index in [1.807, 2.05) is 24.3 Å². The van der Waals surface area contributed by atoms with E-state index in [0.29, 0.717) is 23.6 Å². The van der Waals surface area contributed by atoms with Crippen LogP contribution in [-0.2, 0) is 19.7 Å². The number of rotatable bonds is 6. The second kappa shape index (κ2) is 9.99. The van der Waals surface area contributed by atoms with Crippen LogP contribution >= 0.6 is 0 Å². The Labute approximate surface area is 201 Å². The Balaban J connectivity index is 1.55. The number of amides is 2. The summed E-state index contributed by atoms with van der Waals surface area (Å²) in [5.74, 6) is 0.569. The number of morpholine rings is 1. The van der Waals surface area contributed by atoms with E-state index >= 15 is 0 Å². The lowest BCUT2D eigenvalue weighted by Crippen LogP contribution is -2.38. The maximum absolute atomic E-state index is 12.7. The van der Waals surface area contributed by atoms with Gasteiger partial charge in [-0.3, -0.25) is 14.5 Å². The molecule has 7 nitrogen and oxygen atoms in total. The van der Waals surface area contributed by atoms with Crippen LogP contribution in [0.15, 0.2) is 36.4 Å². The summed E-state index contributed by atoms with van der Waals surface area (Å²) < 4.78 is 11.6. The number of fused-ring (bicyclic) bond motifs is 1. The molecule has 0 aromatic heterocycles. The summed E-state index contributed by atoms with van der Waals surface area (Å²) in [4.78, 5) is 26.4. The molecule has 0 radical (unpaired) electrons. The van der Waals surface area contributed by atoms with Crippen LogP contribution in [0.3, 0.4) is 0 Å². The van der Waals surface area contributed by atoms with Crippen LogP contribution in [0.5, 0.6) is 5.75 Å². The maximum atomic E-state index is 12.7. The summed E-state index contributed by atoms with van der Waals surface area (Å²) >= 11 is 0. The minimum absolute atomic E-state index is 0.119. The van der Waals surface area contributed by atoms with Gasteiger partial charge in [0.1, 0.15) is 12.4 Å². The average Bonchev–Trinajstić information content (AvgIpc) is 3.08. The van der Waals surface area contributed by atoms with E-state index in [-0.39, 0.29) is 17.2 Å².